The lowest BCUT2D eigenvalue weighted by Crippen LogP contribution is -2.24. The van der Waals surface area contributed by atoms with Gasteiger partial charge in [-0.1, -0.05) is 483 Å². The number of carbonyl (C=O) groups excluding carboxylic acids is 2. The van der Waals surface area contributed by atoms with Crippen molar-refractivity contribution in [3.05, 3.63) is 47.2 Å². The third-order valence-corrected chi connectivity index (χ3v) is 19.4. The van der Waals surface area contributed by atoms with Crippen LogP contribution < -0.4 is 10.6 Å². The Morgan fingerprint density at radius 2 is 0.412 bits per heavy atom. The molecular weight excluding hydrogens is 1400 g/mol. The molecular formula is C86H162Cl6N4O6. The van der Waals surface area contributed by atoms with Gasteiger partial charge in [-0.3, -0.25) is 19.6 Å². The largest absolute Gasteiger partial charge is 0.506 e. The average Bonchev–Trinajstić information content (AvgIpc) is 0.860. The van der Waals surface area contributed by atoms with E-state index >= 15 is 0 Å². The maximum absolute atomic E-state index is 12.3. The minimum Gasteiger partial charge on any atom is -0.506 e. The summed E-state index contributed by atoms with van der Waals surface area (Å²) in [7, 11) is 0. The number of aliphatic hydroxyl groups is 2. The fourth-order valence-electron chi connectivity index (χ4n) is 13.2. The second kappa shape index (κ2) is 88.4. The minimum atomic E-state index is -0.750. The number of nitrogens with zero attached hydrogens (tertiary/aromatic N) is 2. The lowest BCUT2D eigenvalue weighted by Gasteiger charge is -2.14. The Morgan fingerprint density at radius 3 is 0.578 bits per heavy atom. The third kappa shape index (κ3) is 82.6. The number of ketones is 2. The van der Waals surface area contributed by atoms with Crippen molar-refractivity contribution in [1.82, 2.24) is 10.6 Å². The van der Waals surface area contributed by atoms with Gasteiger partial charge in [-0.2, -0.15) is 0 Å². The number of halogens is 6. The van der Waals surface area contributed by atoms with Crippen LogP contribution in [-0.4, -0.2) is 78.9 Å². The molecule has 0 fully saturated rings. The zero-order valence-corrected chi connectivity index (χ0v) is 71.0. The number of hydrogen-bond donors (Lipinski definition) is 4. The van der Waals surface area contributed by atoms with E-state index < -0.39 is 8.59 Å². The summed E-state index contributed by atoms with van der Waals surface area (Å²) < 4.78 is -1.50. The summed E-state index contributed by atoms with van der Waals surface area (Å²) in [6.07, 6.45) is 93.1. The monoisotopic (exact) mass is 1560 g/mol. The number of aliphatic hydroxyl groups excluding tert-OH is 2. The zero-order valence-electron chi connectivity index (χ0n) is 66.4. The molecule has 0 unspecified atom stereocenters. The molecule has 0 aromatic rings. The number of nitrogens with one attached hydrogen (secondary N) is 2. The Hall–Kier alpha value is -1.50. The Kier molecular flexibility index (Phi) is 92.6. The standard InChI is InChI=1S/2C42H78N2O2.2CHCl3.2H2O/c2*1-3-5-7-9-11-13-15-17-19-21-23-25-27-29-31-33-35-43-39-37-40(42(46)38-41(39)45)44-36-34-32-30-28-26-24-22-20-18-16-14-12-10-8-6-4-2;2*2-1(3)4;;/h2*37-38,43,45H,3-36H2,1-2H3;2*1H;2*1H2. The molecule has 0 aromatic carbocycles. The second-order valence-electron chi connectivity index (χ2n) is 29.0. The summed E-state index contributed by atoms with van der Waals surface area (Å²) >= 11 is 28.8. The summed E-state index contributed by atoms with van der Waals surface area (Å²) in [4.78, 5) is 33.8. The Morgan fingerprint density at radius 1 is 0.265 bits per heavy atom. The molecule has 0 radical (unpaired) electrons. The molecule has 0 heterocycles. The van der Waals surface area contributed by atoms with Gasteiger partial charge < -0.3 is 31.8 Å². The molecule has 0 aliphatic heterocycles. The first-order valence-corrected chi connectivity index (χ1v) is 45.2. The van der Waals surface area contributed by atoms with Gasteiger partial charge in [0.2, 0.25) is 11.6 Å². The SMILES string of the molecule is CCCCCCCCCCCCCCCCCCN=C1C=C(NCCCCCCCCCCCCCCCCCC)C(O)=CC1=O.CCCCCCCCCCCCCCCCCCN=C1C=C(NCCCCCCCCCCCCCCCCCC)C(O)=CC1=O.ClC(Cl)Cl.ClC(Cl)Cl.O.O. The van der Waals surface area contributed by atoms with Crippen LogP contribution in [0.2, 0.25) is 0 Å². The van der Waals surface area contributed by atoms with E-state index in [-0.39, 0.29) is 34.0 Å². The normalized spacial score (nSPS) is 13.5. The predicted molar refractivity (Wildman–Crippen MR) is 456 cm³/mol. The van der Waals surface area contributed by atoms with Crippen LogP contribution in [0.15, 0.2) is 57.2 Å². The quantitative estimate of drug-likeness (QED) is 0.0267. The van der Waals surface area contributed by atoms with Crippen LogP contribution in [0, 0.1) is 0 Å². The van der Waals surface area contributed by atoms with Crippen molar-refractivity contribution in [2.24, 2.45) is 9.98 Å². The molecule has 0 amide bonds. The molecule has 2 aliphatic rings. The number of allylic oxidation sites excluding steroid dienone is 4. The molecule has 16 heteroatoms. The Bertz CT molecular complexity index is 1830. The van der Waals surface area contributed by atoms with Crippen LogP contribution in [0.3, 0.4) is 0 Å². The van der Waals surface area contributed by atoms with Crippen molar-refractivity contribution < 1.29 is 30.8 Å². The van der Waals surface area contributed by atoms with E-state index in [0.717, 1.165) is 38.8 Å². The number of alkyl halides is 6. The van der Waals surface area contributed by atoms with Gasteiger partial charge in [-0.05, 0) is 37.8 Å². The molecule has 0 saturated heterocycles. The molecule has 0 aromatic heterocycles. The Labute approximate surface area is 660 Å². The van der Waals surface area contributed by atoms with Crippen molar-refractivity contribution >= 4 is 92.6 Å². The van der Waals surface area contributed by atoms with Crippen molar-refractivity contribution in [2.75, 3.05) is 26.2 Å². The highest BCUT2D eigenvalue weighted by atomic mass is 35.6. The molecule has 604 valence electrons. The lowest BCUT2D eigenvalue weighted by atomic mass is 10.0. The van der Waals surface area contributed by atoms with Crippen LogP contribution in [0.4, 0.5) is 0 Å². The van der Waals surface area contributed by atoms with E-state index in [1.165, 1.54) is 397 Å². The maximum Gasteiger partial charge on any atom is 0.207 e. The van der Waals surface area contributed by atoms with Gasteiger partial charge in [-0.25, -0.2) is 0 Å². The van der Waals surface area contributed by atoms with Crippen molar-refractivity contribution in [3.63, 3.8) is 0 Å². The summed E-state index contributed by atoms with van der Waals surface area (Å²) in [5.74, 6) is -0.269. The van der Waals surface area contributed by atoms with Gasteiger partial charge in [0.1, 0.15) is 22.9 Å². The minimum absolute atomic E-state index is 0. The van der Waals surface area contributed by atoms with Gasteiger partial charge in [0, 0.05) is 38.3 Å². The topological polar surface area (TPSA) is 186 Å². The number of carbonyl (C=O) groups is 2. The van der Waals surface area contributed by atoms with Crippen molar-refractivity contribution in [2.45, 2.75) is 447 Å². The van der Waals surface area contributed by atoms with Crippen molar-refractivity contribution in [1.29, 1.82) is 0 Å². The van der Waals surface area contributed by atoms with Crippen molar-refractivity contribution in [3.8, 4) is 0 Å². The summed E-state index contributed by atoms with van der Waals surface area (Å²) in [5, 5.41) is 27.2. The first-order valence-electron chi connectivity index (χ1n) is 42.6. The van der Waals surface area contributed by atoms with E-state index in [1.807, 2.05) is 0 Å². The predicted octanol–water partition coefficient (Wildman–Crippen LogP) is 29.2. The van der Waals surface area contributed by atoms with Gasteiger partial charge in [-0.15, -0.1) is 0 Å². The smallest absolute Gasteiger partial charge is 0.207 e. The number of aliphatic imine (C=N–C) groups is 2. The first-order chi connectivity index (χ1) is 48.8. The van der Waals surface area contributed by atoms with Crippen LogP contribution >= 0.6 is 69.6 Å². The van der Waals surface area contributed by atoms with Crippen LogP contribution in [0.1, 0.15) is 439 Å². The summed E-state index contributed by atoms with van der Waals surface area (Å²) in [5.41, 5.74) is 2.25. The summed E-state index contributed by atoms with van der Waals surface area (Å²) in [6.45, 7) is 12.2. The Balaban J connectivity index is -0.000000835. The third-order valence-electron chi connectivity index (χ3n) is 19.4. The van der Waals surface area contributed by atoms with Crippen LogP contribution in [-0.2, 0) is 9.59 Å². The molecule has 2 aliphatic carbocycles. The molecule has 0 atom stereocenters. The fraction of sp³-hybridized carbons (Fsp3) is 0.860. The van der Waals surface area contributed by atoms with Gasteiger partial charge in [0.05, 0.1) is 11.4 Å². The van der Waals surface area contributed by atoms with E-state index in [0.29, 0.717) is 35.9 Å². The van der Waals surface area contributed by atoms with Crippen LogP contribution in [0.25, 0.3) is 0 Å². The highest BCUT2D eigenvalue weighted by Gasteiger charge is 2.19. The molecule has 0 saturated carbocycles. The zero-order chi connectivity index (χ0) is 73.5. The van der Waals surface area contributed by atoms with Gasteiger partial charge >= 0.3 is 0 Å². The molecule has 0 spiro atoms. The molecule has 2 rings (SSSR count). The van der Waals surface area contributed by atoms with E-state index in [4.69, 9.17) is 69.6 Å². The second-order valence-corrected chi connectivity index (χ2v) is 33.0. The van der Waals surface area contributed by atoms with E-state index in [2.05, 4.69) is 48.3 Å². The van der Waals surface area contributed by atoms with Gasteiger partial charge in [0.15, 0.2) is 8.59 Å². The fourth-order valence-corrected chi connectivity index (χ4v) is 13.2. The van der Waals surface area contributed by atoms with Gasteiger partial charge in [0.25, 0.3) is 0 Å². The highest BCUT2D eigenvalue weighted by Crippen LogP contribution is 2.21. The average molecular weight is 1560 g/mol. The molecule has 10 nitrogen and oxygen atoms in total. The number of unbranched alkanes of at least 4 members (excludes halogenated alkanes) is 60. The summed E-state index contributed by atoms with van der Waals surface area (Å²) in [6, 6.07) is 0. The maximum atomic E-state index is 12.3. The highest BCUT2D eigenvalue weighted by molar-refractivity contribution is 6.63. The molecule has 8 N–H and O–H groups in total. The lowest BCUT2D eigenvalue weighted by molar-refractivity contribution is -0.109. The molecule has 0 bridgehead atoms. The van der Waals surface area contributed by atoms with Crippen LogP contribution in [0.5, 0.6) is 0 Å². The molecule has 102 heavy (non-hydrogen) atoms. The van der Waals surface area contributed by atoms with E-state index in [9.17, 15) is 19.8 Å². The first kappa shape index (κ1) is 107. The number of hydrogen-bond acceptors (Lipinski definition) is 8. The van der Waals surface area contributed by atoms with E-state index in [1.54, 1.807) is 12.2 Å². The number of rotatable bonds is 70.